The van der Waals surface area contributed by atoms with Gasteiger partial charge in [0, 0.05) is 38.0 Å². The standard InChI is InChI=1S/C19H26F2N2O2/c20-14-7-8-16(17(21)13-14)18(24)9-10-19(25)23-12-11-22-15-5-3-1-2-4-6-15/h7-8,13,15,22H,1-6,9-12H2,(H,23,25). The maximum absolute atomic E-state index is 13.5. The number of carbonyl (C=O) groups excluding carboxylic acids is 2. The summed E-state index contributed by atoms with van der Waals surface area (Å²) in [5, 5.41) is 6.21. The van der Waals surface area contributed by atoms with Crippen molar-refractivity contribution in [1.29, 1.82) is 0 Å². The molecule has 6 heteroatoms. The maximum atomic E-state index is 13.5. The van der Waals surface area contributed by atoms with Crippen LogP contribution in [0.2, 0.25) is 0 Å². The molecule has 1 aliphatic rings. The first-order chi connectivity index (χ1) is 12.1. The van der Waals surface area contributed by atoms with Gasteiger partial charge in [0.2, 0.25) is 5.91 Å². The number of rotatable bonds is 8. The summed E-state index contributed by atoms with van der Waals surface area (Å²) < 4.78 is 26.3. The molecule has 1 aromatic carbocycles. The monoisotopic (exact) mass is 352 g/mol. The van der Waals surface area contributed by atoms with Crippen LogP contribution in [0.15, 0.2) is 18.2 Å². The van der Waals surface area contributed by atoms with Crippen molar-refractivity contribution in [2.75, 3.05) is 13.1 Å². The van der Waals surface area contributed by atoms with Gasteiger partial charge in [0.25, 0.3) is 0 Å². The Labute approximate surface area is 147 Å². The van der Waals surface area contributed by atoms with Crippen molar-refractivity contribution >= 4 is 11.7 Å². The molecule has 1 amide bonds. The summed E-state index contributed by atoms with van der Waals surface area (Å²) in [5.74, 6) is -2.35. The van der Waals surface area contributed by atoms with E-state index in [1.165, 1.54) is 38.5 Å². The van der Waals surface area contributed by atoms with Gasteiger partial charge in [-0.15, -0.1) is 0 Å². The lowest BCUT2D eigenvalue weighted by molar-refractivity contribution is -0.121. The van der Waals surface area contributed by atoms with E-state index in [1.54, 1.807) is 0 Å². The largest absolute Gasteiger partial charge is 0.355 e. The van der Waals surface area contributed by atoms with E-state index in [2.05, 4.69) is 10.6 Å². The molecule has 1 aliphatic carbocycles. The number of nitrogens with one attached hydrogen (secondary N) is 2. The number of hydrogen-bond acceptors (Lipinski definition) is 3. The quantitative estimate of drug-likeness (QED) is 0.428. The minimum Gasteiger partial charge on any atom is -0.355 e. The van der Waals surface area contributed by atoms with Gasteiger partial charge in [-0.05, 0) is 25.0 Å². The zero-order valence-electron chi connectivity index (χ0n) is 14.5. The molecular formula is C19H26F2N2O2. The van der Waals surface area contributed by atoms with Crippen LogP contribution in [0, 0.1) is 11.6 Å². The molecule has 4 nitrogen and oxygen atoms in total. The Morgan fingerprint density at radius 3 is 2.40 bits per heavy atom. The van der Waals surface area contributed by atoms with E-state index in [1.807, 2.05) is 0 Å². The first kappa shape index (κ1) is 19.5. The minimum absolute atomic E-state index is 0.000914. The molecule has 0 bridgehead atoms. The summed E-state index contributed by atoms with van der Waals surface area (Å²) in [6.45, 7) is 1.21. The maximum Gasteiger partial charge on any atom is 0.220 e. The molecule has 1 saturated carbocycles. The lowest BCUT2D eigenvalue weighted by Crippen LogP contribution is -2.36. The fourth-order valence-corrected chi connectivity index (χ4v) is 3.13. The van der Waals surface area contributed by atoms with Gasteiger partial charge < -0.3 is 10.6 Å². The Bertz CT molecular complexity index is 585. The van der Waals surface area contributed by atoms with Gasteiger partial charge in [0.05, 0.1) is 5.56 Å². The van der Waals surface area contributed by atoms with Gasteiger partial charge in [-0.3, -0.25) is 9.59 Å². The average molecular weight is 352 g/mol. The highest BCUT2D eigenvalue weighted by molar-refractivity contribution is 5.98. The second-order valence-electron chi connectivity index (χ2n) is 6.54. The van der Waals surface area contributed by atoms with Gasteiger partial charge in [-0.1, -0.05) is 25.7 Å². The summed E-state index contributed by atoms with van der Waals surface area (Å²) in [6.07, 6.45) is 7.40. The number of ketones is 1. The van der Waals surface area contributed by atoms with Crippen LogP contribution in [0.3, 0.4) is 0 Å². The van der Waals surface area contributed by atoms with Gasteiger partial charge in [0.1, 0.15) is 11.6 Å². The Balaban J connectivity index is 1.62. The molecule has 2 N–H and O–H groups in total. The van der Waals surface area contributed by atoms with Gasteiger partial charge in [0.15, 0.2) is 5.78 Å². The summed E-state index contributed by atoms with van der Waals surface area (Å²) in [7, 11) is 0. The first-order valence-electron chi connectivity index (χ1n) is 9.04. The summed E-state index contributed by atoms with van der Waals surface area (Å²) >= 11 is 0. The third kappa shape index (κ3) is 6.90. The van der Waals surface area contributed by atoms with E-state index in [0.717, 1.165) is 12.1 Å². The highest BCUT2D eigenvalue weighted by atomic mass is 19.1. The predicted molar refractivity (Wildman–Crippen MR) is 92.4 cm³/mol. The Kier molecular flexibility index (Phi) is 7.98. The van der Waals surface area contributed by atoms with E-state index in [-0.39, 0.29) is 24.3 Å². The molecule has 1 aromatic rings. The lowest BCUT2D eigenvalue weighted by atomic mass is 10.1. The lowest BCUT2D eigenvalue weighted by Gasteiger charge is -2.16. The van der Waals surface area contributed by atoms with Crippen LogP contribution in [0.5, 0.6) is 0 Å². The molecule has 0 aliphatic heterocycles. The predicted octanol–water partition coefficient (Wildman–Crippen LogP) is 3.36. The number of Topliss-reactive ketones (excluding diaryl/α,β-unsaturated/α-hetero) is 1. The Morgan fingerprint density at radius 1 is 1.00 bits per heavy atom. The fraction of sp³-hybridized carbons (Fsp3) is 0.579. The smallest absolute Gasteiger partial charge is 0.220 e. The van der Waals surface area contributed by atoms with Crippen LogP contribution in [0.25, 0.3) is 0 Å². The van der Waals surface area contributed by atoms with Crippen LogP contribution in [-0.4, -0.2) is 30.8 Å². The number of benzene rings is 1. The van der Waals surface area contributed by atoms with Crippen molar-refractivity contribution in [3.8, 4) is 0 Å². The van der Waals surface area contributed by atoms with Gasteiger partial charge in [-0.2, -0.15) is 0 Å². The van der Waals surface area contributed by atoms with E-state index in [0.29, 0.717) is 25.2 Å². The Hall–Kier alpha value is -1.82. The summed E-state index contributed by atoms with van der Waals surface area (Å²) in [5.41, 5.74) is -0.177. The van der Waals surface area contributed by atoms with Crippen molar-refractivity contribution in [1.82, 2.24) is 10.6 Å². The van der Waals surface area contributed by atoms with Crippen molar-refractivity contribution in [2.45, 2.75) is 57.4 Å². The molecule has 0 heterocycles. The van der Waals surface area contributed by atoms with E-state index < -0.39 is 17.4 Å². The highest BCUT2D eigenvalue weighted by Gasteiger charge is 2.14. The van der Waals surface area contributed by atoms with Crippen molar-refractivity contribution in [3.63, 3.8) is 0 Å². The zero-order chi connectivity index (χ0) is 18.1. The van der Waals surface area contributed by atoms with E-state index in [4.69, 9.17) is 0 Å². The van der Waals surface area contributed by atoms with Crippen LogP contribution in [-0.2, 0) is 4.79 Å². The molecule has 138 valence electrons. The van der Waals surface area contributed by atoms with Crippen molar-refractivity contribution in [2.24, 2.45) is 0 Å². The summed E-state index contributed by atoms with van der Waals surface area (Å²) in [4.78, 5) is 23.7. The number of halogens is 2. The molecule has 0 saturated heterocycles. The van der Waals surface area contributed by atoms with Gasteiger partial charge >= 0.3 is 0 Å². The molecule has 0 spiro atoms. The molecule has 0 radical (unpaired) electrons. The fourth-order valence-electron chi connectivity index (χ4n) is 3.13. The molecule has 25 heavy (non-hydrogen) atoms. The van der Waals surface area contributed by atoms with Crippen molar-refractivity contribution < 1.29 is 18.4 Å². The van der Waals surface area contributed by atoms with Crippen LogP contribution in [0.4, 0.5) is 8.78 Å². The second kappa shape index (κ2) is 10.2. The highest BCUT2D eigenvalue weighted by Crippen LogP contribution is 2.17. The van der Waals surface area contributed by atoms with Crippen LogP contribution < -0.4 is 10.6 Å². The number of hydrogen-bond donors (Lipinski definition) is 2. The van der Waals surface area contributed by atoms with Gasteiger partial charge in [-0.25, -0.2) is 8.78 Å². The minimum atomic E-state index is -0.891. The van der Waals surface area contributed by atoms with Crippen molar-refractivity contribution in [3.05, 3.63) is 35.4 Å². The molecule has 2 rings (SSSR count). The summed E-state index contributed by atoms with van der Waals surface area (Å²) in [6, 6.07) is 3.35. The SMILES string of the molecule is O=C(CCC(=O)c1ccc(F)cc1F)NCCNC1CCCCCC1. The molecule has 0 unspecified atom stereocenters. The Morgan fingerprint density at radius 2 is 1.72 bits per heavy atom. The number of amides is 1. The van der Waals surface area contributed by atoms with E-state index >= 15 is 0 Å². The normalized spacial score (nSPS) is 15.6. The first-order valence-corrected chi connectivity index (χ1v) is 9.04. The molecular weight excluding hydrogens is 326 g/mol. The molecule has 0 atom stereocenters. The van der Waals surface area contributed by atoms with E-state index in [9.17, 15) is 18.4 Å². The topological polar surface area (TPSA) is 58.2 Å². The molecule has 1 fully saturated rings. The number of carbonyl (C=O) groups is 2. The van der Waals surface area contributed by atoms with Crippen LogP contribution >= 0.6 is 0 Å². The third-order valence-corrected chi connectivity index (χ3v) is 4.55. The third-order valence-electron chi connectivity index (χ3n) is 4.55. The molecule has 0 aromatic heterocycles. The average Bonchev–Trinajstić information content (AvgIpc) is 2.85. The second-order valence-corrected chi connectivity index (χ2v) is 6.54. The van der Waals surface area contributed by atoms with Crippen LogP contribution in [0.1, 0.15) is 61.7 Å². The zero-order valence-corrected chi connectivity index (χ0v) is 14.5.